The summed E-state index contributed by atoms with van der Waals surface area (Å²) in [7, 11) is 0. The summed E-state index contributed by atoms with van der Waals surface area (Å²) < 4.78 is 22.8. The van der Waals surface area contributed by atoms with Gasteiger partial charge in [-0.25, -0.2) is 0 Å². The summed E-state index contributed by atoms with van der Waals surface area (Å²) in [5.74, 6) is -0.204. The van der Waals surface area contributed by atoms with Crippen LogP contribution in [0.1, 0.15) is 245 Å². The van der Waals surface area contributed by atoms with Crippen LogP contribution in [0, 0.1) is 0 Å². The van der Waals surface area contributed by atoms with E-state index in [-0.39, 0.29) is 12.5 Å². The Balaban J connectivity index is 1.73. The Bertz CT molecular complexity index is 1230. The fourth-order valence-electron chi connectivity index (χ4n) is 9.76. The van der Waals surface area contributed by atoms with Crippen molar-refractivity contribution in [1.82, 2.24) is 5.32 Å². The molecular weight excluding hydrogens is 895 g/mol. The average molecular weight is 1000 g/mol. The second kappa shape index (κ2) is 43.0. The number of allylic oxidation sites excluding steroid dienone is 2. The molecule has 0 radical (unpaired) electrons. The van der Waals surface area contributed by atoms with E-state index < -0.39 is 86.8 Å². The average Bonchev–Trinajstić information content (AvgIpc) is 3.36. The van der Waals surface area contributed by atoms with Crippen LogP contribution in [-0.4, -0.2) is 140 Å². The van der Waals surface area contributed by atoms with Crippen molar-refractivity contribution in [2.45, 2.75) is 319 Å². The van der Waals surface area contributed by atoms with Gasteiger partial charge in [0.05, 0.1) is 32.0 Å². The Morgan fingerprint density at radius 2 is 0.900 bits per heavy atom. The highest BCUT2D eigenvalue weighted by Crippen LogP contribution is 2.30. The van der Waals surface area contributed by atoms with Crippen LogP contribution in [0.15, 0.2) is 12.2 Å². The van der Waals surface area contributed by atoms with E-state index in [1.807, 2.05) is 0 Å². The topological polar surface area (TPSA) is 228 Å². The molecule has 14 heteroatoms. The van der Waals surface area contributed by atoms with Gasteiger partial charge in [-0.05, 0) is 38.5 Å². The number of rotatable bonds is 46. The van der Waals surface area contributed by atoms with Crippen molar-refractivity contribution in [2.75, 3.05) is 19.8 Å². The summed E-state index contributed by atoms with van der Waals surface area (Å²) in [6.45, 7) is 2.87. The van der Waals surface area contributed by atoms with E-state index in [2.05, 4.69) is 31.3 Å². The van der Waals surface area contributed by atoms with Crippen LogP contribution in [0.2, 0.25) is 0 Å². The molecule has 0 bridgehead atoms. The van der Waals surface area contributed by atoms with Gasteiger partial charge in [0.25, 0.3) is 0 Å². The molecule has 2 heterocycles. The first-order chi connectivity index (χ1) is 34.1. The van der Waals surface area contributed by atoms with E-state index >= 15 is 0 Å². The molecule has 0 aliphatic carbocycles. The number of carbonyl (C=O) groups is 1. The lowest BCUT2D eigenvalue weighted by atomic mass is 9.97. The Hall–Kier alpha value is -1.27. The lowest BCUT2D eigenvalue weighted by molar-refractivity contribution is -0.359. The van der Waals surface area contributed by atoms with E-state index in [0.29, 0.717) is 12.8 Å². The molecule has 2 aliphatic heterocycles. The van der Waals surface area contributed by atoms with Crippen molar-refractivity contribution in [1.29, 1.82) is 0 Å². The Morgan fingerprint density at radius 1 is 0.500 bits per heavy atom. The van der Waals surface area contributed by atoms with E-state index in [0.717, 1.165) is 51.4 Å². The highest BCUT2D eigenvalue weighted by molar-refractivity contribution is 5.76. The maximum absolute atomic E-state index is 13.2. The predicted octanol–water partition coefficient (Wildman–Crippen LogP) is 9.11. The molecule has 0 aromatic carbocycles. The van der Waals surface area contributed by atoms with Gasteiger partial charge in [0, 0.05) is 6.42 Å². The summed E-state index contributed by atoms with van der Waals surface area (Å²) in [6, 6.07) is -0.824. The standard InChI is InChI=1S/C56H107NO13/c1-3-5-7-9-11-13-15-17-18-19-20-21-22-23-24-25-26-28-30-32-34-36-38-40-48(61)57-44(45(60)39-37-35-33-31-29-27-16-14-12-10-8-6-4-2)43-67-55-53(66)51(64)54(47(42-59)69-55)70-56-52(65)50(63)49(62)46(41-58)68-56/h17-18,44-47,49-56,58-60,62-66H,3-16,19-43H2,1-2H3,(H,57,61)/b18-17-/t44-,45+,46?,47?,49-,50-,51+,52?,53?,54+,55+,56-/m0/s1. The van der Waals surface area contributed by atoms with Crippen molar-refractivity contribution in [3.05, 3.63) is 12.2 Å². The lowest BCUT2D eigenvalue weighted by Crippen LogP contribution is -2.65. The van der Waals surface area contributed by atoms with E-state index in [1.165, 1.54) is 167 Å². The third-order valence-corrected chi connectivity index (χ3v) is 14.5. The maximum atomic E-state index is 13.2. The molecule has 14 nitrogen and oxygen atoms in total. The molecule has 0 spiro atoms. The molecule has 4 unspecified atom stereocenters. The number of aliphatic hydroxyl groups is 8. The minimum absolute atomic E-state index is 0.204. The maximum Gasteiger partial charge on any atom is 0.220 e. The number of unbranched alkanes of at least 4 members (excludes halogenated alkanes) is 31. The van der Waals surface area contributed by atoms with Crippen LogP contribution >= 0.6 is 0 Å². The van der Waals surface area contributed by atoms with Gasteiger partial charge in [0.2, 0.25) is 5.91 Å². The molecule has 0 saturated carbocycles. The van der Waals surface area contributed by atoms with Crippen molar-refractivity contribution in [3.8, 4) is 0 Å². The second-order valence-corrected chi connectivity index (χ2v) is 20.8. The fourth-order valence-corrected chi connectivity index (χ4v) is 9.76. The van der Waals surface area contributed by atoms with Gasteiger partial charge >= 0.3 is 0 Å². The van der Waals surface area contributed by atoms with E-state index in [4.69, 9.17) is 18.9 Å². The molecule has 2 saturated heterocycles. The molecule has 2 rings (SSSR count). The first-order valence-electron chi connectivity index (χ1n) is 28.9. The zero-order valence-electron chi connectivity index (χ0n) is 44.3. The molecule has 414 valence electrons. The Labute approximate surface area is 425 Å². The molecule has 12 atom stereocenters. The van der Waals surface area contributed by atoms with Gasteiger partial charge in [-0.1, -0.05) is 212 Å². The van der Waals surface area contributed by atoms with Gasteiger partial charge in [0.1, 0.15) is 48.8 Å². The zero-order chi connectivity index (χ0) is 51.0. The predicted molar refractivity (Wildman–Crippen MR) is 277 cm³/mol. The van der Waals surface area contributed by atoms with Gasteiger partial charge in [-0.15, -0.1) is 0 Å². The number of carbonyl (C=O) groups excluding carboxylic acids is 1. The van der Waals surface area contributed by atoms with Crippen LogP contribution in [0.3, 0.4) is 0 Å². The number of aliphatic hydroxyl groups excluding tert-OH is 8. The van der Waals surface area contributed by atoms with Crippen LogP contribution < -0.4 is 5.32 Å². The Kier molecular flexibility index (Phi) is 39.9. The van der Waals surface area contributed by atoms with Crippen molar-refractivity contribution >= 4 is 5.91 Å². The van der Waals surface area contributed by atoms with Gasteiger partial charge in [0.15, 0.2) is 12.6 Å². The molecule has 2 fully saturated rings. The molecular formula is C56H107NO13. The van der Waals surface area contributed by atoms with Crippen LogP contribution in [-0.2, 0) is 23.7 Å². The summed E-state index contributed by atoms with van der Waals surface area (Å²) in [6.07, 6.45) is 30.7. The first-order valence-corrected chi connectivity index (χ1v) is 28.9. The quantitative estimate of drug-likeness (QED) is 0.0205. The highest BCUT2D eigenvalue weighted by Gasteiger charge is 2.51. The Morgan fingerprint density at radius 3 is 1.36 bits per heavy atom. The van der Waals surface area contributed by atoms with Gasteiger partial charge < -0.3 is 65.1 Å². The summed E-state index contributed by atoms with van der Waals surface area (Å²) in [4.78, 5) is 13.2. The molecule has 0 aromatic rings. The number of nitrogens with one attached hydrogen (secondary N) is 1. The molecule has 0 aromatic heterocycles. The summed E-state index contributed by atoms with van der Waals surface area (Å²) in [5, 5.41) is 87.1. The smallest absolute Gasteiger partial charge is 0.220 e. The van der Waals surface area contributed by atoms with E-state index in [9.17, 15) is 45.6 Å². The minimum Gasteiger partial charge on any atom is -0.394 e. The first kappa shape index (κ1) is 64.8. The zero-order valence-corrected chi connectivity index (χ0v) is 44.3. The molecule has 70 heavy (non-hydrogen) atoms. The largest absolute Gasteiger partial charge is 0.394 e. The third kappa shape index (κ3) is 29.0. The molecule has 2 aliphatic rings. The van der Waals surface area contributed by atoms with Crippen molar-refractivity contribution in [3.63, 3.8) is 0 Å². The van der Waals surface area contributed by atoms with Crippen molar-refractivity contribution < 1.29 is 64.6 Å². The summed E-state index contributed by atoms with van der Waals surface area (Å²) >= 11 is 0. The number of hydrogen-bond donors (Lipinski definition) is 9. The summed E-state index contributed by atoms with van der Waals surface area (Å²) in [5.41, 5.74) is 0. The third-order valence-electron chi connectivity index (χ3n) is 14.5. The minimum atomic E-state index is -1.78. The van der Waals surface area contributed by atoms with E-state index in [1.54, 1.807) is 0 Å². The molecule has 1 amide bonds. The lowest BCUT2D eigenvalue weighted by Gasteiger charge is -2.46. The fraction of sp³-hybridized carbons (Fsp3) is 0.946. The van der Waals surface area contributed by atoms with Crippen molar-refractivity contribution in [2.24, 2.45) is 0 Å². The van der Waals surface area contributed by atoms with Crippen LogP contribution in [0.4, 0.5) is 0 Å². The number of amides is 1. The van der Waals surface area contributed by atoms with Gasteiger partial charge in [-0.3, -0.25) is 4.79 Å². The SMILES string of the molecule is CCCCCCCC/C=C\CCCCCCCCCCCCCCCC(=O)N[C@@H](CO[C@@H]1OC(CO)[C@@H](O[C@@H]2OC(CO)[C@H](O)[C@H](O)C2O)[C@H](O)C1O)[C@H](O)CCCCCCCCCCCCCCC. The monoisotopic (exact) mass is 1000 g/mol. The van der Waals surface area contributed by atoms with Crippen LogP contribution in [0.5, 0.6) is 0 Å². The number of ether oxygens (including phenoxy) is 4. The normalized spacial score (nSPS) is 26.0. The van der Waals surface area contributed by atoms with Crippen LogP contribution in [0.25, 0.3) is 0 Å². The number of hydrogen-bond acceptors (Lipinski definition) is 13. The van der Waals surface area contributed by atoms with Gasteiger partial charge in [-0.2, -0.15) is 0 Å². The molecule has 9 N–H and O–H groups in total. The highest BCUT2D eigenvalue weighted by atomic mass is 16.7. The second-order valence-electron chi connectivity index (χ2n) is 20.8.